The first kappa shape index (κ1) is 26.5. The monoisotopic (exact) mass is 581 g/mol. The van der Waals surface area contributed by atoms with E-state index in [4.69, 9.17) is 14.2 Å². The molecule has 38 heavy (non-hydrogen) atoms. The first-order valence-electron chi connectivity index (χ1n) is 12.8. The molecule has 2 N–H and O–H groups in total. The highest BCUT2D eigenvalue weighted by Crippen LogP contribution is 2.43. The quantitative estimate of drug-likeness (QED) is 0.454. The van der Waals surface area contributed by atoms with Gasteiger partial charge in [-0.1, -0.05) is 40.2 Å². The number of methoxy groups -OCH3 is 1. The molecule has 2 heterocycles. The Balaban J connectivity index is 1.65. The van der Waals surface area contributed by atoms with E-state index in [0.717, 1.165) is 20.8 Å². The molecular weight excluding hydrogens is 550 g/mol. The van der Waals surface area contributed by atoms with Crippen molar-refractivity contribution in [3.05, 3.63) is 64.6 Å². The summed E-state index contributed by atoms with van der Waals surface area (Å²) >= 11 is 3.65. The maximum Gasteiger partial charge on any atom is 0.254 e. The van der Waals surface area contributed by atoms with Gasteiger partial charge in [-0.2, -0.15) is 0 Å². The Labute approximate surface area is 230 Å². The maximum atomic E-state index is 14.6. The second-order valence-electron chi connectivity index (χ2n) is 9.70. The Hall–Kier alpha value is -3.14. The molecule has 0 bridgehead atoms. The van der Waals surface area contributed by atoms with Crippen molar-refractivity contribution < 1.29 is 23.8 Å². The van der Waals surface area contributed by atoms with Crippen molar-refractivity contribution >= 4 is 44.2 Å². The van der Waals surface area contributed by atoms with Crippen LogP contribution in [0.15, 0.2) is 59.1 Å². The second-order valence-corrected chi connectivity index (χ2v) is 10.6. The van der Waals surface area contributed by atoms with Crippen LogP contribution >= 0.6 is 15.9 Å². The third kappa shape index (κ3) is 4.74. The van der Waals surface area contributed by atoms with Gasteiger partial charge in [0.25, 0.3) is 5.91 Å². The summed E-state index contributed by atoms with van der Waals surface area (Å²) in [5, 5.41) is 7.98. The van der Waals surface area contributed by atoms with Crippen LogP contribution in [0.25, 0.3) is 10.8 Å². The molecule has 2 amide bonds. The van der Waals surface area contributed by atoms with Gasteiger partial charge in [0, 0.05) is 22.9 Å². The Morgan fingerprint density at radius 1 is 1.13 bits per heavy atom. The van der Waals surface area contributed by atoms with Gasteiger partial charge in [0.2, 0.25) is 5.91 Å². The number of hydrogen-bond acceptors (Lipinski definition) is 6. The van der Waals surface area contributed by atoms with Crippen LogP contribution in [-0.2, 0) is 20.9 Å². The lowest BCUT2D eigenvalue weighted by Crippen LogP contribution is -2.65. The molecule has 2 atom stereocenters. The largest absolute Gasteiger partial charge is 0.496 e. The number of halogens is 1. The van der Waals surface area contributed by atoms with Crippen molar-refractivity contribution in [2.24, 2.45) is 0 Å². The fourth-order valence-electron chi connectivity index (χ4n) is 5.28. The van der Waals surface area contributed by atoms with Crippen LogP contribution in [0.2, 0.25) is 0 Å². The molecule has 0 unspecified atom stereocenters. The normalized spacial score (nSPS) is 19.4. The lowest BCUT2D eigenvalue weighted by Gasteiger charge is -2.41. The van der Waals surface area contributed by atoms with Crippen molar-refractivity contribution in [2.45, 2.75) is 44.0 Å². The molecule has 8 nitrogen and oxygen atoms in total. The molecule has 1 saturated heterocycles. The zero-order valence-corrected chi connectivity index (χ0v) is 23.3. The topological polar surface area (TPSA) is 89.1 Å². The maximum absolute atomic E-state index is 14.6. The van der Waals surface area contributed by atoms with Crippen LogP contribution in [0, 0.1) is 0 Å². The van der Waals surface area contributed by atoms with Crippen LogP contribution in [0.4, 0.5) is 5.69 Å². The predicted octanol–water partition coefficient (Wildman–Crippen LogP) is 4.18. The third-order valence-electron chi connectivity index (χ3n) is 7.57. The number of likely N-dealkylation sites (N-methyl/N-ethyl adjacent to an activating group) is 1. The van der Waals surface area contributed by atoms with Gasteiger partial charge in [-0.15, -0.1) is 0 Å². The Kier molecular flexibility index (Phi) is 7.61. The van der Waals surface area contributed by atoms with Crippen LogP contribution in [-0.4, -0.2) is 56.9 Å². The van der Waals surface area contributed by atoms with E-state index in [2.05, 4.69) is 26.6 Å². The number of hydrogen-bond donors (Lipinski definition) is 2. The van der Waals surface area contributed by atoms with E-state index in [9.17, 15) is 9.59 Å². The first-order valence-corrected chi connectivity index (χ1v) is 13.6. The van der Waals surface area contributed by atoms with Crippen molar-refractivity contribution in [2.75, 3.05) is 32.3 Å². The first-order chi connectivity index (χ1) is 18.4. The summed E-state index contributed by atoms with van der Waals surface area (Å²) < 4.78 is 19.1. The highest BCUT2D eigenvalue weighted by atomic mass is 79.9. The molecule has 0 saturated carbocycles. The van der Waals surface area contributed by atoms with E-state index in [-0.39, 0.29) is 18.4 Å². The predicted molar refractivity (Wildman–Crippen MR) is 150 cm³/mol. The minimum absolute atomic E-state index is 0.233. The zero-order valence-electron chi connectivity index (χ0n) is 21.8. The Morgan fingerprint density at radius 3 is 2.63 bits per heavy atom. The molecule has 2 aliphatic heterocycles. The lowest BCUT2D eigenvalue weighted by molar-refractivity contribution is -0.138. The molecular formula is C29H32BrN3O5. The summed E-state index contributed by atoms with van der Waals surface area (Å²) in [6, 6.07) is 16.1. The number of anilines is 1. The van der Waals surface area contributed by atoms with E-state index in [1.807, 2.05) is 54.6 Å². The number of ether oxygens (including phenoxy) is 3. The number of para-hydroxylation sites is 2. The zero-order chi connectivity index (χ0) is 26.9. The molecule has 5 rings (SSSR count). The fraction of sp³-hybridized carbons (Fsp3) is 0.379. The molecule has 2 aliphatic rings. The molecule has 0 radical (unpaired) electrons. The molecule has 200 valence electrons. The number of carbonyl (C=O) groups excluding carboxylic acids is 2. The smallest absolute Gasteiger partial charge is 0.254 e. The van der Waals surface area contributed by atoms with E-state index in [0.29, 0.717) is 43.2 Å². The van der Waals surface area contributed by atoms with Crippen LogP contribution in [0.1, 0.15) is 25.3 Å². The Morgan fingerprint density at radius 2 is 1.89 bits per heavy atom. The summed E-state index contributed by atoms with van der Waals surface area (Å²) in [5.41, 5.74) is 0.580. The summed E-state index contributed by atoms with van der Waals surface area (Å²) in [7, 11) is 3.34. The average molecular weight is 582 g/mol. The van der Waals surface area contributed by atoms with Crippen LogP contribution in [0.3, 0.4) is 0 Å². The summed E-state index contributed by atoms with van der Waals surface area (Å²) in [6.45, 7) is 2.87. The minimum Gasteiger partial charge on any atom is -0.496 e. The van der Waals surface area contributed by atoms with Crippen molar-refractivity contribution in [1.82, 2.24) is 10.6 Å². The van der Waals surface area contributed by atoms with Crippen LogP contribution in [0.5, 0.6) is 11.5 Å². The van der Waals surface area contributed by atoms with E-state index in [1.54, 1.807) is 26.0 Å². The molecule has 3 aromatic rings. The summed E-state index contributed by atoms with van der Waals surface area (Å²) in [5.74, 6) is 0.776. The second kappa shape index (κ2) is 10.9. The van der Waals surface area contributed by atoms with Gasteiger partial charge in [-0.05, 0) is 55.1 Å². The molecule has 3 aromatic carbocycles. The van der Waals surface area contributed by atoms with Gasteiger partial charge < -0.3 is 29.7 Å². The average Bonchev–Trinajstić information content (AvgIpc) is 3.02. The number of benzene rings is 3. The number of amides is 2. The van der Waals surface area contributed by atoms with Gasteiger partial charge in [0.05, 0.1) is 38.6 Å². The van der Waals surface area contributed by atoms with Gasteiger partial charge in [0.15, 0.2) is 0 Å². The van der Waals surface area contributed by atoms with Crippen molar-refractivity contribution in [3.63, 3.8) is 0 Å². The number of carbonyl (C=O) groups is 2. The summed E-state index contributed by atoms with van der Waals surface area (Å²) in [4.78, 5) is 29.4. The SMILES string of the molecule is CN[C@@H](C)C(=O)N[C@@H]1C(=O)N(Cc2c(OC)ccc3c(Br)cccc23)c2ccccc2OC12CCOCC2. The third-order valence-corrected chi connectivity index (χ3v) is 8.26. The molecule has 1 spiro atoms. The number of nitrogens with zero attached hydrogens (tertiary/aromatic N) is 1. The fourth-order valence-corrected chi connectivity index (χ4v) is 5.78. The highest BCUT2D eigenvalue weighted by Gasteiger charge is 2.51. The molecule has 1 fully saturated rings. The molecule has 9 heteroatoms. The van der Waals surface area contributed by atoms with Gasteiger partial charge in [-0.25, -0.2) is 0 Å². The summed E-state index contributed by atoms with van der Waals surface area (Å²) in [6.07, 6.45) is 0.953. The molecule has 0 aliphatic carbocycles. The Bertz CT molecular complexity index is 1360. The van der Waals surface area contributed by atoms with Crippen molar-refractivity contribution in [3.8, 4) is 11.5 Å². The van der Waals surface area contributed by atoms with Gasteiger partial charge in [0.1, 0.15) is 23.1 Å². The van der Waals surface area contributed by atoms with Gasteiger partial charge >= 0.3 is 0 Å². The van der Waals surface area contributed by atoms with Crippen molar-refractivity contribution in [1.29, 1.82) is 0 Å². The number of nitrogens with one attached hydrogen (secondary N) is 2. The number of fused-ring (bicyclic) bond motifs is 2. The minimum atomic E-state index is -0.935. The lowest BCUT2D eigenvalue weighted by atomic mass is 9.84. The van der Waals surface area contributed by atoms with Crippen LogP contribution < -0.4 is 25.0 Å². The van der Waals surface area contributed by atoms with E-state index in [1.165, 1.54) is 0 Å². The number of rotatable bonds is 6. The standard InChI is InChI=1S/C29H32BrN3O5/c1-18(31-2)27(34)32-26-28(35)33(17-21-19-7-6-8-22(30)20(19)11-12-24(21)36-3)23-9-4-5-10-25(23)38-29(26)13-15-37-16-14-29/h4-12,18,26,31H,13-17H2,1-3H3,(H,32,34)/t18-,26+/m0/s1. The van der Waals surface area contributed by atoms with E-state index < -0.39 is 17.7 Å². The van der Waals surface area contributed by atoms with E-state index >= 15 is 0 Å². The van der Waals surface area contributed by atoms with Gasteiger partial charge in [-0.3, -0.25) is 9.59 Å². The highest BCUT2D eigenvalue weighted by molar-refractivity contribution is 9.10. The molecule has 0 aromatic heterocycles.